The highest BCUT2D eigenvalue weighted by molar-refractivity contribution is 6.12. The molecule has 29 heavy (non-hydrogen) atoms. The number of aromatic nitrogens is 1. The van der Waals surface area contributed by atoms with Gasteiger partial charge in [-0.05, 0) is 36.4 Å². The summed E-state index contributed by atoms with van der Waals surface area (Å²) in [6.45, 7) is 0. The van der Waals surface area contributed by atoms with E-state index in [0.717, 1.165) is 10.9 Å². The number of carbonyl (C=O) groups is 1. The van der Waals surface area contributed by atoms with Gasteiger partial charge in [-0.2, -0.15) is 5.26 Å². The summed E-state index contributed by atoms with van der Waals surface area (Å²) < 4.78 is 15.9. The van der Waals surface area contributed by atoms with Crippen LogP contribution in [-0.2, 0) is 4.79 Å². The van der Waals surface area contributed by atoms with E-state index in [9.17, 15) is 10.1 Å². The van der Waals surface area contributed by atoms with Crippen LogP contribution in [0.5, 0.6) is 17.2 Å². The van der Waals surface area contributed by atoms with Crippen molar-refractivity contribution in [3.63, 3.8) is 0 Å². The minimum Gasteiger partial charge on any atom is -0.496 e. The van der Waals surface area contributed by atoms with Gasteiger partial charge in [0.25, 0.3) is 5.91 Å². The molecule has 3 aromatic rings. The van der Waals surface area contributed by atoms with E-state index in [-0.39, 0.29) is 5.57 Å². The summed E-state index contributed by atoms with van der Waals surface area (Å²) in [5, 5.41) is 13.1. The smallest absolute Gasteiger partial charge is 0.266 e. The fourth-order valence-corrected chi connectivity index (χ4v) is 2.87. The zero-order valence-electron chi connectivity index (χ0n) is 16.2. The second-order valence-corrected chi connectivity index (χ2v) is 5.95. The number of hydrogen-bond acceptors (Lipinski definition) is 6. The number of hydrogen-bond donors (Lipinski definition) is 1. The summed E-state index contributed by atoms with van der Waals surface area (Å²) in [7, 11) is 4.51. The van der Waals surface area contributed by atoms with Crippen LogP contribution in [0.2, 0.25) is 0 Å². The lowest BCUT2D eigenvalue weighted by molar-refractivity contribution is -0.112. The number of anilines is 1. The predicted octanol–water partition coefficient (Wildman–Crippen LogP) is 3.81. The first-order valence-corrected chi connectivity index (χ1v) is 8.68. The van der Waals surface area contributed by atoms with Crippen LogP contribution in [0.3, 0.4) is 0 Å². The number of nitrogens with zero attached hydrogens (tertiary/aromatic N) is 2. The molecule has 0 saturated carbocycles. The molecule has 0 aliphatic heterocycles. The third-order valence-corrected chi connectivity index (χ3v) is 4.29. The molecule has 1 N–H and O–H groups in total. The van der Waals surface area contributed by atoms with Gasteiger partial charge in [-0.3, -0.25) is 9.78 Å². The number of ether oxygens (including phenoxy) is 3. The van der Waals surface area contributed by atoms with Crippen molar-refractivity contribution >= 4 is 28.6 Å². The van der Waals surface area contributed by atoms with Gasteiger partial charge in [0.05, 0.1) is 32.5 Å². The van der Waals surface area contributed by atoms with Crippen molar-refractivity contribution in [1.82, 2.24) is 4.98 Å². The molecule has 0 saturated heterocycles. The molecule has 0 unspecified atom stereocenters. The van der Waals surface area contributed by atoms with E-state index >= 15 is 0 Å². The number of nitrogens with one attached hydrogen (secondary N) is 1. The Bertz CT molecular complexity index is 1130. The van der Waals surface area contributed by atoms with Gasteiger partial charge in [-0.15, -0.1) is 0 Å². The maximum atomic E-state index is 12.7. The fraction of sp³-hybridized carbons (Fsp3) is 0.136. The van der Waals surface area contributed by atoms with Gasteiger partial charge in [0.2, 0.25) is 0 Å². The Morgan fingerprint density at radius 2 is 1.76 bits per heavy atom. The molecule has 0 aliphatic carbocycles. The molecule has 0 radical (unpaired) electrons. The molecule has 0 fully saturated rings. The first kappa shape index (κ1) is 19.7. The van der Waals surface area contributed by atoms with E-state index < -0.39 is 5.91 Å². The maximum Gasteiger partial charge on any atom is 0.266 e. The molecule has 0 spiro atoms. The monoisotopic (exact) mass is 389 g/mol. The molecule has 7 heteroatoms. The van der Waals surface area contributed by atoms with Crippen molar-refractivity contribution in [1.29, 1.82) is 5.26 Å². The average molecular weight is 389 g/mol. The van der Waals surface area contributed by atoms with Gasteiger partial charge in [0, 0.05) is 23.2 Å². The highest BCUT2D eigenvalue weighted by Crippen LogP contribution is 2.35. The van der Waals surface area contributed by atoms with Crippen LogP contribution in [0.1, 0.15) is 5.56 Å². The van der Waals surface area contributed by atoms with E-state index in [1.807, 2.05) is 18.2 Å². The van der Waals surface area contributed by atoms with Crippen molar-refractivity contribution in [2.45, 2.75) is 0 Å². The molecule has 146 valence electrons. The van der Waals surface area contributed by atoms with Crippen LogP contribution in [0.15, 0.2) is 54.2 Å². The highest BCUT2D eigenvalue weighted by Gasteiger charge is 2.15. The van der Waals surface area contributed by atoms with E-state index in [1.165, 1.54) is 27.4 Å². The Labute approximate surface area is 168 Å². The number of rotatable bonds is 6. The maximum absolute atomic E-state index is 12.7. The van der Waals surface area contributed by atoms with Crippen LogP contribution < -0.4 is 19.5 Å². The number of carbonyl (C=O) groups excluding carboxylic acids is 1. The summed E-state index contributed by atoms with van der Waals surface area (Å²) in [5.74, 6) is 0.836. The highest BCUT2D eigenvalue weighted by atomic mass is 16.5. The number of amides is 1. The van der Waals surface area contributed by atoms with Crippen LogP contribution in [0, 0.1) is 11.3 Å². The van der Waals surface area contributed by atoms with Crippen LogP contribution in [0.25, 0.3) is 17.0 Å². The molecule has 7 nitrogen and oxygen atoms in total. The van der Waals surface area contributed by atoms with Gasteiger partial charge in [0.1, 0.15) is 17.4 Å². The summed E-state index contributed by atoms with van der Waals surface area (Å²) >= 11 is 0. The lowest BCUT2D eigenvalue weighted by Gasteiger charge is -2.12. The first-order valence-electron chi connectivity index (χ1n) is 8.68. The van der Waals surface area contributed by atoms with E-state index in [2.05, 4.69) is 10.3 Å². The molecule has 1 amide bonds. The Morgan fingerprint density at radius 3 is 2.45 bits per heavy atom. The van der Waals surface area contributed by atoms with Gasteiger partial charge >= 0.3 is 0 Å². The topological polar surface area (TPSA) is 93.5 Å². The minimum absolute atomic E-state index is 0.0867. The Morgan fingerprint density at radius 1 is 1.03 bits per heavy atom. The lowest BCUT2D eigenvalue weighted by Crippen LogP contribution is -2.13. The summed E-state index contributed by atoms with van der Waals surface area (Å²) in [6.07, 6.45) is 3.12. The SMILES string of the molecule is COc1cc(OC)c(OC)cc1/C=C(\C#N)C(=O)Nc1cccc2ncccc12. The second-order valence-electron chi connectivity index (χ2n) is 5.95. The molecule has 2 aromatic carbocycles. The molecule has 0 bridgehead atoms. The Kier molecular flexibility index (Phi) is 5.95. The van der Waals surface area contributed by atoms with E-state index in [4.69, 9.17) is 14.2 Å². The van der Waals surface area contributed by atoms with Crippen molar-refractivity contribution in [3.05, 3.63) is 59.8 Å². The number of benzene rings is 2. The zero-order valence-corrected chi connectivity index (χ0v) is 16.2. The fourth-order valence-electron chi connectivity index (χ4n) is 2.87. The largest absolute Gasteiger partial charge is 0.496 e. The Hall–Kier alpha value is -4.05. The van der Waals surface area contributed by atoms with Crippen molar-refractivity contribution < 1.29 is 19.0 Å². The van der Waals surface area contributed by atoms with Crippen molar-refractivity contribution in [2.24, 2.45) is 0 Å². The zero-order chi connectivity index (χ0) is 20.8. The van der Waals surface area contributed by atoms with Crippen LogP contribution in [0.4, 0.5) is 5.69 Å². The molecule has 0 atom stereocenters. The number of fused-ring (bicyclic) bond motifs is 1. The quantitative estimate of drug-likeness (QED) is 0.509. The van der Waals surface area contributed by atoms with Crippen LogP contribution >= 0.6 is 0 Å². The van der Waals surface area contributed by atoms with Crippen LogP contribution in [-0.4, -0.2) is 32.2 Å². The molecule has 1 heterocycles. The summed E-state index contributed by atoms with van der Waals surface area (Å²) in [4.78, 5) is 17.0. The molecular formula is C22H19N3O4. The normalized spacial score (nSPS) is 10.9. The summed E-state index contributed by atoms with van der Waals surface area (Å²) in [6, 6.07) is 14.3. The van der Waals surface area contributed by atoms with Crippen molar-refractivity contribution in [3.8, 4) is 23.3 Å². The molecule has 1 aromatic heterocycles. The van der Waals surface area contributed by atoms with Gasteiger partial charge in [0.15, 0.2) is 11.5 Å². The van der Waals surface area contributed by atoms with Gasteiger partial charge < -0.3 is 19.5 Å². The van der Waals surface area contributed by atoms with E-state index in [1.54, 1.807) is 36.5 Å². The number of pyridine rings is 1. The van der Waals surface area contributed by atoms with E-state index in [0.29, 0.717) is 28.5 Å². The summed E-state index contributed by atoms with van der Waals surface area (Å²) in [5.41, 5.74) is 1.74. The average Bonchev–Trinajstić information content (AvgIpc) is 2.76. The third kappa shape index (κ3) is 4.12. The van der Waals surface area contributed by atoms with Gasteiger partial charge in [-0.1, -0.05) is 6.07 Å². The molecule has 3 rings (SSSR count). The Balaban J connectivity index is 1.98. The van der Waals surface area contributed by atoms with Gasteiger partial charge in [-0.25, -0.2) is 0 Å². The lowest BCUT2D eigenvalue weighted by atomic mass is 10.1. The standard InChI is InChI=1S/C22H19N3O4/c1-27-19-12-21(29-3)20(28-2)11-14(19)10-15(13-23)22(26)25-18-8-4-7-17-16(18)6-5-9-24-17/h4-12H,1-3H3,(H,25,26)/b15-10+. The predicted molar refractivity (Wildman–Crippen MR) is 110 cm³/mol. The molecular weight excluding hydrogens is 370 g/mol. The second kappa shape index (κ2) is 8.76. The minimum atomic E-state index is -0.541. The number of nitriles is 1. The number of methoxy groups -OCH3 is 3. The molecule has 0 aliphatic rings. The van der Waals surface area contributed by atoms with Crippen molar-refractivity contribution in [2.75, 3.05) is 26.6 Å². The first-order chi connectivity index (χ1) is 14.1. The third-order valence-electron chi connectivity index (χ3n) is 4.29.